The number of hydrogen-bond donors (Lipinski definition) is 1. The SMILES string of the molecule is Cc1cc(-c2ccc(F)cc2)c(/C=C/[C@H]2C[C@H](O)CC(=O)O2)c(C)n1. The summed E-state index contributed by atoms with van der Waals surface area (Å²) in [5, 5.41) is 9.71. The first kappa shape index (κ1) is 17.3. The van der Waals surface area contributed by atoms with E-state index in [9.17, 15) is 14.3 Å². The van der Waals surface area contributed by atoms with Gasteiger partial charge in [-0.1, -0.05) is 18.2 Å². The Bertz CT molecular complexity index is 814. The number of cyclic esters (lactones) is 1. The summed E-state index contributed by atoms with van der Waals surface area (Å²) in [5.41, 5.74) is 4.40. The minimum absolute atomic E-state index is 0.0380. The predicted molar refractivity (Wildman–Crippen MR) is 93.3 cm³/mol. The Morgan fingerprint density at radius 1 is 1.28 bits per heavy atom. The van der Waals surface area contributed by atoms with Crippen molar-refractivity contribution in [1.82, 2.24) is 4.98 Å². The molecule has 2 aromatic rings. The Kier molecular flexibility index (Phi) is 4.95. The molecule has 1 fully saturated rings. The van der Waals surface area contributed by atoms with Crippen molar-refractivity contribution in [2.75, 3.05) is 0 Å². The van der Waals surface area contributed by atoms with Gasteiger partial charge in [0.2, 0.25) is 0 Å². The summed E-state index contributed by atoms with van der Waals surface area (Å²) < 4.78 is 18.5. The van der Waals surface area contributed by atoms with Crippen molar-refractivity contribution in [3.8, 4) is 11.1 Å². The summed E-state index contributed by atoms with van der Waals surface area (Å²) in [7, 11) is 0. The first-order valence-corrected chi connectivity index (χ1v) is 8.22. The number of benzene rings is 1. The highest BCUT2D eigenvalue weighted by Gasteiger charge is 2.25. The number of esters is 1. The van der Waals surface area contributed by atoms with Gasteiger partial charge in [-0.2, -0.15) is 0 Å². The number of aryl methyl sites for hydroxylation is 2. The lowest BCUT2D eigenvalue weighted by Crippen LogP contribution is -2.31. The molecule has 1 aromatic carbocycles. The molecule has 0 unspecified atom stereocenters. The number of aliphatic hydroxyl groups excluding tert-OH is 1. The number of hydrogen-bond acceptors (Lipinski definition) is 4. The summed E-state index contributed by atoms with van der Waals surface area (Å²) in [5.74, 6) is -0.683. The summed E-state index contributed by atoms with van der Waals surface area (Å²) >= 11 is 0. The predicted octanol–water partition coefficient (Wildman–Crippen LogP) is 3.58. The number of rotatable bonds is 3. The van der Waals surface area contributed by atoms with E-state index in [1.165, 1.54) is 12.1 Å². The van der Waals surface area contributed by atoms with Crippen molar-refractivity contribution >= 4 is 12.0 Å². The van der Waals surface area contributed by atoms with Crippen LogP contribution in [-0.4, -0.2) is 28.3 Å². The minimum atomic E-state index is -0.676. The third-order valence-electron chi connectivity index (χ3n) is 4.20. The zero-order chi connectivity index (χ0) is 18.0. The van der Waals surface area contributed by atoms with E-state index in [0.717, 1.165) is 28.1 Å². The maximum Gasteiger partial charge on any atom is 0.309 e. The van der Waals surface area contributed by atoms with Crippen molar-refractivity contribution in [2.24, 2.45) is 0 Å². The monoisotopic (exact) mass is 341 g/mol. The van der Waals surface area contributed by atoms with Gasteiger partial charge in [-0.15, -0.1) is 0 Å². The Balaban J connectivity index is 1.96. The number of carbonyl (C=O) groups is 1. The van der Waals surface area contributed by atoms with E-state index in [1.807, 2.05) is 26.0 Å². The van der Waals surface area contributed by atoms with E-state index in [1.54, 1.807) is 18.2 Å². The molecule has 130 valence electrons. The normalized spacial score (nSPS) is 20.7. The Hall–Kier alpha value is -2.53. The van der Waals surface area contributed by atoms with E-state index < -0.39 is 18.2 Å². The number of pyridine rings is 1. The van der Waals surface area contributed by atoms with Gasteiger partial charge in [0.05, 0.1) is 12.5 Å². The molecule has 25 heavy (non-hydrogen) atoms. The molecule has 0 spiro atoms. The second kappa shape index (κ2) is 7.15. The van der Waals surface area contributed by atoms with E-state index in [0.29, 0.717) is 6.42 Å². The molecule has 2 atom stereocenters. The van der Waals surface area contributed by atoms with E-state index in [2.05, 4.69) is 4.98 Å². The van der Waals surface area contributed by atoms with Gasteiger partial charge >= 0.3 is 5.97 Å². The molecule has 5 heteroatoms. The molecule has 0 radical (unpaired) electrons. The van der Waals surface area contributed by atoms with Crippen LogP contribution < -0.4 is 0 Å². The fourth-order valence-electron chi connectivity index (χ4n) is 3.05. The summed E-state index contributed by atoms with van der Waals surface area (Å²) in [6, 6.07) is 8.25. The molecule has 2 heterocycles. The fourth-order valence-corrected chi connectivity index (χ4v) is 3.05. The van der Waals surface area contributed by atoms with E-state index >= 15 is 0 Å². The zero-order valence-corrected chi connectivity index (χ0v) is 14.2. The van der Waals surface area contributed by atoms with Crippen LogP contribution in [0.4, 0.5) is 4.39 Å². The van der Waals surface area contributed by atoms with Gasteiger partial charge in [0, 0.05) is 23.4 Å². The van der Waals surface area contributed by atoms with Crippen LogP contribution in [0.2, 0.25) is 0 Å². The molecule has 1 aliphatic heterocycles. The molecule has 1 saturated heterocycles. The number of nitrogens with zero attached hydrogens (tertiary/aromatic N) is 1. The summed E-state index contributed by atoms with van der Waals surface area (Å²) in [6.45, 7) is 3.81. The molecular formula is C20H20FNO3. The first-order chi connectivity index (χ1) is 11.9. The molecule has 1 N–H and O–H groups in total. The molecule has 0 aliphatic carbocycles. The lowest BCUT2D eigenvalue weighted by Gasteiger charge is -2.23. The highest BCUT2D eigenvalue weighted by atomic mass is 19.1. The largest absolute Gasteiger partial charge is 0.458 e. The van der Waals surface area contributed by atoms with Crippen molar-refractivity contribution in [2.45, 2.75) is 38.9 Å². The standard InChI is InChI=1S/C20H20FNO3/c1-12-9-19(14-3-5-15(21)6-4-14)18(13(2)22-12)8-7-17-10-16(23)11-20(24)25-17/h3-9,16-17,23H,10-11H2,1-2H3/b8-7+/t16-,17-/m0/s1. The first-order valence-electron chi connectivity index (χ1n) is 8.22. The summed E-state index contributed by atoms with van der Waals surface area (Å²) in [6.07, 6.45) is 2.91. The smallest absolute Gasteiger partial charge is 0.309 e. The quantitative estimate of drug-likeness (QED) is 0.867. The third-order valence-corrected chi connectivity index (χ3v) is 4.20. The molecule has 0 amide bonds. The second-order valence-electron chi connectivity index (χ2n) is 6.30. The molecular weight excluding hydrogens is 321 g/mol. The van der Waals surface area contributed by atoms with Crippen LogP contribution in [0.3, 0.4) is 0 Å². The molecule has 0 bridgehead atoms. The Labute approximate surface area is 146 Å². The number of ether oxygens (including phenoxy) is 1. The van der Waals surface area contributed by atoms with Crippen molar-refractivity contribution < 1.29 is 19.0 Å². The van der Waals surface area contributed by atoms with Crippen molar-refractivity contribution in [3.05, 3.63) is 59.2 Å². The zero-order valence-electron chi connectivity index (χ0n) is 14.2. The maximum atomic E-state index is 13.2. The van der Waals surface area contributed by atoms with Gasteiger partial charge in [0.15, 0.2) is 0 Å². The van der Waals surface area contributed by atoms with Gasteiger partial charge in [0.25, 0.3) is 0 Å². The molecule has 1 aromatic heterocycles. The molecule has 3 rings (SSSR count). The van der Waals surface area contributed by atoms with Gasteiger partial charge < -0.3 is 9.84 Å². The van der Waals surface area contributed by atoms with Crippen molar-refractivity contribution in [3.63, 3.8) is 0 Å². The van der Waals surface area contributed by atoms with Gasteiger partial charge in [-0.25, -0.2) is 4.39 Å². The third kappa shape index (κ3) is 4.12. The van der Waals surface area contributed by atoms with E-state index in [-0.39, 0.29) is 12.2 Å². The maximum absolute atomic E-state index is 13.2. The number of carbonyl (C=O) groups excluding carboxylic acids is 1. The number of halogens is 1. The van der Waals surface area contributed by atoms with Crippen LogP contribution in [0, 0.1) is 19.7 Å². The summed E-state index contributed by atoms with van der Waals surface area (Å²) in [4.78, 5) is 16.0. The van der Waals surface area contributed by atoms with E-state index in [4.69, 9.17) is 4.74 Å². The average Bonchev–Trinajstić information content (AvgIpc) is 2.53. The molecule has 0 saturated carbocycles. The second-order valence-corrected chi connectivity index (χ2v) is 6.30. The van der Waals surface area contributed by atoms with Crippen LogP contribution in [0.5, 0.6) is 0 Å². The lowest BCUT2D eigenvalue weighted by molar-refractivity contribution is -0.156. The van der Waals surface area contributed by atoms with Gasteiger partial charge in [-0.3, -0.25) is 9.78 Å². The highest BCUT2D eigenvalue weighted by Crippen LogP contribution is 2.28. The van der Waals surface area contributed by atoms with Crippen LogP contribution >= 0.6 is 0 Å². The van der Waals surface area contributed by atoms with Crippen LogP contribution in [0.25, 0.3) is 17.2 Å². The molecule has 4 nitrogen and oxygen atoms in total. The minimum Gasteiger partial charge on any atom is -0.458 e. The Morgan fingerprint density at radius 2 is 2.00 bits per heavy atom. The lowest BCUT2D eigenvalue weighted by atomic mass is 9.96. The molecule has 1 aliphatic rings. The fraction of sp³-hybridized carbons (Fsp3) is 0.300. The van der Waals surface area contributed by atoms with Gasteiger partial charge in [-0.05, 0) is 49.2 Å². The van der Waals surface area contributed by atoms with Crippen molar-refractivity contribution in [1.29, 1.82) is 0 Å². The van der Waals surface area contributed by atoms with Gasteiger partial charge in [0.1, 0.15) is 11.9 Å². The number of aromatic nitrogens is 1. The van der Waals surface area contributed by atoms with Crippen LogP contribution in [0.15, 0.2) is 36.4 Å². The van der Waals surface area contributed by atoms with Crippen LogP contribution in [-0.2, 0) is 9.53 Å². The topological polar surface area (TPSA) is 59.4 Å². The number of aliphatic hydroxyl groups is 1. The average molecular weight is 341 g/mol. The Morgan fingerprint density at radius 3 is 2.68 bits per heavy atom. The van der Waals surface area contributed by atoms with Crippen LogP contribution in [0.1, 0.15) is 29.8 Å². The highest BCUT2D eigenvalue weighted by molar-refractivity contribution is 5.77.